The Morgan fingerprint density at radius 2 is 2.33 bits per heavy atom. The molecule has 66 valence electrons. The molecule has 0 aliphatic heterocycles. The largest absolute Gasteiger partial charge is 0.330 e. The van der Waals surface area contributed by atoms with Crippen LogP contribution in [0, 0.1) is 5.92 Å². The van der Waals surface area contributed by atoms with Gasteiger partial charge >= 0.3 is 0 Å². The fraction of sp³-hybridized carbons (Fsp3) is 0.556. The molecule has 1 heterocycles. The Labute approximate surface area is 81.5 Å². The molecule has 0 amide bonds. The predicted molar refractivity (Wildman–Crippen MR) is 53.8 cm³/mol. The molecule has 1 aromatic heterocycles. The Bertz CT molecular complexity index is 269. The van der Waals surface area contributed by atoms with Crippen molar-refractivity contribution >= 4 is 22.9 Å². The molecule has 2 N–H and O–H groups in total. The number of halogens is 1. The maximum atomic E-state index is 5.86. The van der Waals surface area contributed by atoms with Crippen molar-refractivity contribution < 1.29 is 0 Å². The highest BCUT2D eigenvalue weighted by atomic mass is 35.5. The van der Waals surface area contributed by atoms with Gasteiger partial charge in [0, 0.05) is 4.88 Å². The van der Waals surface area contributed by atoms with E-state index < -0.39 is 0 Å². The first-order chi connectivity index (χ1) is 5.81. The highest BCUT2D eigenvalue weighted by Gasteiger charge is 2.31. The first-order valence-corrected chi connectivity index (χ1v) is 5.46. The van der Waals surface area contributed by atoms with Gasteiger partial charge in [-0.15, -0.1) is 11.3 Å². The van der Waals surface area contributed by atoms with Crippen molar-refractivity contribution in [3.05, 3.63) is 21.3 Å². The van der Waals surface area contributed by atoms with E-state index in [1.54, 1.807) is 11.3 Å². The summed E-state index contributed by atoms with van der Waals surface area (Å²) in [6.45, 7) is 0.820. The molecule has 1 aliphatic carbocycles. The van der Waals surface area contributed by atoms with Gasteiger partial charge in [0.2, 0.25) is 0 Å². The van der Waals surface area contributed by atoms with Gasteiger partial charge in [-0.3, -0.25) is 0 Å². The van der Waals surface area contributed by atoms with Crippen LogP contribution >= 0.6 is 22.9 Å². The smallest absolute Gasteiger partial charge is 0.0931 e. The second-order valence-electron chi connectivity index (χ2n) is 3.32. The molecular weight excluding hydrogens is 190 g/mol. The summed E-state index contributed by atoms with van der Waals surface area (Å²) in [5.41, 5.74) is 5.64. The summed E-state index contributed by atoms with van der Waals surface area (Å²) in [5, 5.41) is 0. The van der Waals surface area contributed by atoms with Crippen LogP contribution in [0.2, 0.25) is 4.34 Å². The minimum absolute atomic E-state index is 0.701. The van der Waals surface area contributed by atoms with Crippen molar-refractivity contribution in [3.63, 3.8) is 0 Å². The van der Waals surface area contributed by atoms with E-state index in [9.17, 15) is 0 Å². The van der Waals surface area contributed by atoms with Crippen molar-refractivity contribution in [2.24, 2.45) is 11.7 Å². The van der Waals surface area contributed by atoms with E-state index in [2.05, 4.69) is 6.07 Å². The Hall–Kier alpha value is -0.0500. The molecule has 3 heteroatoms. The van der Waals surface area contributed by atoms with Gasteiger partial charge in [-0.05, 0) is 43.4 Å². The zero-order valence-electron chi connectivity index (χ0n) is 6.79. The van der Waals surface area contributed by atoms with Crippen LogP contribution in [-0.2, 0) is 0 Å². The molecule has 0 aromatic carbocycles. The summed E-state index contributed by atoms with van der Waals surface area (Å²) in [6.07, 6.45) is 2.58. The molecule has 0 saturated heterocycles. The van der Waals surface area contributed by atoms with E-state index in [1.165, 1.54) is 17.7 Å². The van der Waals surface area contributed by atoms with Crippen molar-refractivity contribution in [3.8, 4) is 0 Å². The van der Waals surface area contributed by atoms with Gasteiger partial charge < -0.3 is 5.73 Å². The summed E-state index contributed by atoms with van der Waals surface area (Å²) < 4.78 is 0.896. The first kappa shape index (κ1) is 8.54. The lowest BCUT2D eigenvalue weighted by atomic mass is 9.73. The van der Waals surface area contributed by atoms with Crippen LogP contribution in [0.25, 0.3) is 0 Å². The Balaban J connectivity index is 2.10. The minimum Gasteiger partial charge on any atom is -0.330 e. The lowest BCUT2D eigenvalue weighted by Crippen LogP contribution is -2.29. The maximum absolute atomic E-state index is 5.86. The Morgan fingerprint density at radius 1 is 1.50 bits per heavy atom. The molecule has 0 spiro atoms. The fourth-order valence-corrected chi connectivity index (χ4v) is 3.04. The third kappa shape index (κ3) is 1.39. The summed E-state index contributed by atoms with van der Waals surface area (Å²) in [4.78, 5) is 1.42. The van der Waals surface area contributed by atoms with Crippen LogP contribution in [0.5, 0.6) is 0 Å². The van der Waals surface area contributed by atoms with E-state index in [4.69, 9.17) is 17.3 Å². The summed E-state index contributed by atoms with van der Waals surface area (Å²) in [5.74, 6) is 1.41. The van der Waals surface area contributed by atoms with Crippen LogP contribution < -0.4 is 5.73 Å². The van der Waals surface area contributed by atoms with Gasteiger partial charge in [-0.2, -0.15) is 0 Å². The normalized spacial score (nSPS) is 28.5. The van der Waals surface area contributed by atoms with Crippen LogP contribution in [0.1, 0.15) is 23.6 Å². The van der Waals surface area contributed by atoms with E-state index in [-0.39, 0.29) is 0 Å². The second kappa shape index (κ2) is 3.36. The highest BCUT2D eigenvalue weighted by molar-refractivity contribution is 7.16. The SMILES string of the molecule is NCC1CCC1c1ccc(Cl)s1. The van der Waals surface area contributed by atoms with Crippen molar-refractivity contribution in [2.45, 2.75) is 18.8 Å². The van der Waals surface area contributed by atoms with Crippen LogP contribution in [-0.4, -0.2) is 6.54 Å². The van der Waals surface area contributed by atoms with Gasteiger partial charge in [0.1, 0.15) is 0 Å². The number of rotatable bonds is 2. The molecule has 0 radical (unpaired) electrons. The van der Waals surface area contributed by atoms with Gasteiger partial charge in [-0.25, -0.2) is 0 Å². The third-order valence-corrected chi connectivity index (χ3v) is 4.04. The fourth-order valence-electron chi connectivity index (χ4n) is 1.75. The van der Waals surface area contributed by atoms with Crippen molar-refractivity contribution in [1.29, 1.82) is 0 Å². The molecule has 2 unspecified atom stereocenters. The average Bonchev–Trinajstić information content (AvgIpc) is 2.35. The standard InChI is InChI=1S/C9H12ClNS/c10-9-4-3-8(12-9)7-2-1-6(7)5-11/h3-4,6-7H,1-2,5,11H2. The summed E-state index contributed by atoms with van der Waals surface area (Å²) >= 11 is 7.56. The van der Waals surface area contributed by atoms with Crippen LogP contribution in [0.15, 0.2) is 12.1 Å². The quantitative estimate of drug-likeness (QED) is 0.783. The zero-order chi connectivity index (χ0) is 8.55. The van der Waals surface area contributed by atoms with E-state index >= 15 is 0 Å². The number of hydrogen-bond donors (Lipinski definition) is 1. The Kier molecular flexibility index (Phi) is 2.40. The molecule has 1 saturated carbocycles. The lowest BCUT2D eigenvalue weighted by Gasteiger charge is -2.35. The van der Waals surface area contributed by atoms with Gasteiger partial charge in [0.25, 0.3) is 0 Å². The monoisotopic (exact) mass is 201 g/mol. The molecule has 1 fully saturated rings. The van der Waals surface area contributed by atoms with Crippen molar-refractivity contribution in [2.75, 3.05) is 6.54 Å². The van der Waals surface area contributed by atoms with E-state index in [0.717, 1.165) is 10.9 Å². The minimum atomic E-state index is 0.701. The van der Waals surface area contributed by atoms with Gasteiger partial charge in [-0.1, -0.05) is 11.6 Å². The predicted octanol–water partition coefficient (Wildman–Crippen LogP) is 2.85. The van der Waals surface area contributed by atoms with Crippen LogP contribution in [0.4, 0.5) is 0 Å². The lowest BCUT2D eigenvalue weighted by molar-refractivity contribution is 0.267. The zero-order valence-corrected chi connectivity index (χ0v) is 8.37. The third-order valence-electron chi connectivity index (χ3n) is 2.68. The van der Waals surface area contributed by atoms with E-state index in [1.807, 2.05) is 6.07 Å². The number of thiophene rings is 1. The number of hydrogen-bond acceptors (Lipinski definition) is 2. The molecular formula is C9H12ClNS. The molecule has 0 bridgehead atoms. The molecule has 1 aromatic rings. The average molecular weight is 202 g/mol. The second-order valence-corrected chi connectivity index (χ2v) is 5.07. The van der Waals surface area contributed by atoms with Crippen molar-refractivity contribution in [1.82, 2.24) is 0 Å². The van der Waals surface area contributed by atoms with Crippen LogP contribution in [0.3, 0.4) is 0 Å². The number of nitrogens with two attached hydrogens (primary N) is 1. The molecule has 2 rings (SSSR count). The van der Waals surface area contributed by atoms with Gasteiger partial charge in [0.15, 0.2) is 0 Å². The first-order valence-electron chi connectivity index (χ1n) is 4.26. The highest BCUT2D eigenvalue weighted by Crippen LogP contribution is 2.44. The van der Waals surface area contributed by atoms with E-state index in [0.29, 0.717) is 11.8 Å². The summed E-state index contributed by atoms with van der Waals surface area (Å²) in [6, 6.07) is 4.12. The topological polar surface area (TPSA) is 26.0 Å². The van der Waals surface area contributed by atoms with Gasteiger partial charge in [0.05, 0.1) is 4.34 Å². The summed E-state index contributed by atoms with van der Waals surface area (Å²) in [7, 11) is 0. The maximum Gasteiger partial charge on any atom is 0.0931 e. The molecule has 12 heavy (non-hydrogen) atoms. The molecule has 2 atom stereocenters. The molecule has 1 aliphatic rings. The Morgan fingerprint density at radius 3 is 2.75 bits per heavy atom. The molecule has 1 nitrogen and oxygen atoms in total.